The van der Waals surface area contributed by atoms with E-state index in [1.807, 2.05) is 0 Å². The second kappa shape index (κ2) is 16.3. The molecule has 4 aromatic carbocycles. The molecule has 13 heteroatoms. The number of Topliss-reactive ketones (excluding diaryl/α,β-unsaturated/α-hetero) is 2. The second-order valence-corrected chi connectivity index (χ2v) is 14.1. The summed E-state index contributed by atoms with van der Waals surface area (Å²) in [4.78, 5) is 31.0. The van der Waals surface area contributed by atoms with E-state index in [1.54, 1.807) is 39.8 Å². The molecule has 0 saturated carbocycles. The molecule has 0 radical (unpaired) electrons. The Labute approximate surface area is 315 Å². The zero-order valence-corrected chi connectivity index (χ0v) is 31.5. The molecular formula is C40H33F6IN2O4. The SMILES string of the molecule is CC(=O)C(C)(C)c1c(F)cccc1Oc1cnc2c(F)c(F)ccc2c1.CC(=O)C(C)(C)c1c(O)cccc1F.Fc1ccc2cc(I)cnc2c1F. The maximum Gasteiger partial charge on any atom is 0.184 e. The lowest BCUT2D eigenvalue weighted by atomic mass is 9.80. The van der Waals surface area contributed by atoms with Gasteiger partial charge in [-0.15, -0.1) is 0 Å². The lowest BCUT2D eigenvalue weighted by Crippen LogP contribution is -2.28. The van der Waals surface area contributed by atoms with Gasteiger partial charge in [0.2, 0.25) is 0 Å². The maximum atomic E-state index is 14.4. The summed E-state index contributed by atoms with van der Waals surface area (Å²) in [6.07, 6.45) is 2.73. The lowest BCUT2D eigenvalue weighted by molar-refractivity contribution is -0.122. The fourth-order valence-electron chi connectivity index (χ4n) is 5.10. The number of nitrogens with zero attached hydrogens (tertiary/aromatic N) is 2. The Bertz CT molecular complexity index is 2330. The molecular weight excluding hydrogens is 813 g/mol. The second-order valence-electron chi connectivity index (χ2n) is 12.9. The Kier molecular flexibility index (Phi) is 12.5. The third-order valence-corrected chi connectivity index (χ3v) is 9.22. The number of carbonyl (C=O) groups is 2. The predicted molar refractivity (Wildman–Crippen MR) is 198 cm³/mol. The van der Waals surface area contributed by atoms with Crippen LogP contribution in [-0.4, -0.2) is 26.6 Å². The summed E-state index contributed by atoms with van der Waals surface area (Å²) in [6.45, 7) is 9.16. The van der Waals surface area contributed by atoms with Crippen molar-refractivity contribution in [1.82, 2.24) is 9.97 Å². The lowest BCUT2D eigenvalue weighted by Gasteiger charge is -2.25. The van der Waals surface area contributed by atoms with Crippen molar-refractivity contribution in [3.8, 4) is 17.2 Å². The maximum absolute atomic E-state index is 14.4. The molecule has 6 aromatic rings. The number of phenols is 1. The number of pyridine rings is 2. The molecule has 2 heterocycles. The molecule has 0 fully saturated rings. The Balaban J connectivity index is 0.000000196. The molecule has 276 valence electrons. The molecule has 0 aliphatic heterocycles. The van der Waals surface area contributed by atoms with Gasteiger partial charge < -0.3 is 9.84 Å². The van der Waals surface area contributed by atoms with Crippen molar-refractivity contribution in [3.05, 3.63) is 135 Å². The van der Waals surface area contributed by atoms with Crippen LogP contribution in [0, 0.1) is 38.5 Å². The molecule has 0 atom stereocenters. The first kappa shape index (κ1) is 40.7. The van der Waals surface area contributed by atoms with Gasteiger partial charge >= 0.3 is 0 Å². The number of aromatic nitrogens is 2. The zero-order valence-electron chi connectivity index (χ0n) is 29.3. The quantitative estimate of drug-likeness (QED) is 0.133. The van der Waals surface area contributed by atoms with Crippen LogP contribution in [0.5, 0.6) is 17.2 Å². The van der Waals surface area contributed by atoms with E-state index >= 15 is 0 Å². The number of phenolic OH excluding ortho intramolecular Hbond substituents is 1. The summed E-state index contributed by atoms with van der Waals surface area (Å²) < 4.78 is 87.3. The Morgan fingerprint density at radius 2 is 1.11 bits per heavy atom. The first-order chi connectivity index (χ1) is 24.8. The van der Waals surface area contributed by atoms with Crippen LogP contribution < -0.4 is 4.74 Å². The standard InChI is InChI=1S/C20H16F3NO2.C11H13FO2.C9H4F2IN/c1-11(25)20(2,3)17-14(21)5-4-6-16(17)26-13-9-12-7-8-15(22)18(23)19(12)24-10-13;1-7(13)11(2,3)10-8(12)5-4-6-9(10)14;10-7-2-1-5-3-6(12)4-13-9(5)8(7)11/h4-10H,1-3H3;4-6,14H,1-3H3;1-4H. The summed E-state index contributed by atoms with van der Waals surface area (Å²) in [6, 6.07) is 16.5. The van der Waals surface area contributed by atoms with E-state index in [9.17, 15) is 41.0 Å². The van der Waals surface area contributed by atoms with Gasteiger partial charge in [0.25, 0.3) is 0 Å². The normalized spacial score (nSPS) is 11.3. The van der Waals surface area contributed by atoms with E-state index in [2.05, 4.69) is 32.6 Å². The van der Waals surface area contributed by atoms with Crippen LogP contribution in [0.2, 0.25) is 0 Å². The first-order valence-electron chi connectivity index (χ1n) is 15.9. The summed E-state index contributed by atoms with van der Waals surface area (Å²) >= 11 is 2.07. The first-order valence-corrected chi connectivity index (χ1v) is 16.9. The van der Waals surface area contributed by atoms with Crippen molar-refractivity contribution in [2.75, 3.05) is 0 Å². The molecule has 0 unspecified atom stereocenters. The molecule has 0 aliphatic rings. The van der Waals surface area contributed by atoms with Gasteiger partial charge in [-0.1, -0.05) is 12.1 Å². The van der Waals surface area contributed by atoms with Crippen molar-refractivity contribution in [2.24, 2.45) is 0 Å². The number of fused-ring (bicyclic) bond motifs is 2. The van der Waals surface area contributed by atoms with Crippen LogP contribution in [0.3, 0.4) is 0 Å². The third-order valence-electron chi connectivity index (χ3n) is 8.63. The van der Waals surface area contributed by atoms with Gasteiger partial charge in [-0.3, -0.25) is 14.6 Å². The average molecular weight is 847 g/mol. The van der Waals surface area contributed by atoms with E-state index < -0.39 is 45.7 Å². The monoisotopic (exact) mass is 846 g/mol. The van der Waals surface area contributed by atoms with Crippen LogP contribution in [0.4, 0.5) is 26.3 Å². The van der Waals surface area contributed by atoms with Gasteiger partial charge in [-0.05, 0) is 125 Å². The summed E-state index contributed by atoms with van der Waals surface area (Å²) in [7, 11) is 0. The van der Waals surface area contributed by atoms with Crippen molar-refractivity contribution >= 4 is 56.0 Å². The van der Waals surface area contributed by atoms with Crippen LogP contribution in [0.25, 0.3) is 21.8 Å². The van der Waals surface area contributed by atoms with E-state index in [0.717, 1.165) is 15.7 Å². The summed E-state index contributed by atoms with van der Waals surface area (Å²) in [5.41, 5.74) is -1.94. The number of rotatable bonds is 6. The predicted octanol–water partition coefficient (Wildman–Crippen LogP) is 10.8. The van der Waals surface area contributed by atoms with Gasteiger partial charge in [0.1, 0.15) is 51.5 Å². The van der Waals surface area contributed by atoms with Crippen molar-refractivity contribution < 1.29 is 45.8 Å². The van der Waals surface area contributed by atoms with Crippen LogP contribution in [-0.2, 0) is 20.4 Å². The van der Waals surface area contributed by atoms with Crippen LogP contribution >= 0.6 is 22.6 Å². The molecule has 0 bridgehead atoms. The van der Waals surface area contributed by atoms with E-state index in [-0.39, 0.29) is 51.0 Å². The smallest absolute Gasteiger partial charge is 0.184 e. The summed E-state index contributed by atoms with van der Waals surface area (Å²) in [5.74, 6) is -5.09. The molecule has 0 saturated heterocycles. The number of benzene rings is 4. The number of hydrogen-bond donors (Lipinski definition) is 1. The molecule has 2 aromatic heterocycles. The van der Waals surface area contributed by atoms with Gasteiger partial charge in [0.15, 0.2) is 23.3 Å². The minimum absolute atomic E-state index is 0.0625. The molecule has 0 spiro atoms. The number of hydrogen-bond acceptors (Lipinski definition) is 6. The molecule has 0 amide bonds. The number of aromatic hydroxyl groups is 1. The fourth-order valence-corrected chi connectivity index (χ4v) is 5.57. The molecule has 6 nitrogen and oxygen atoms in total. The third kappa shape index (κ3) is 8.95. The zero-order chi connectivity index (χ0) is 39.4. The van der Waals surface area contributed by atoms with Crippen LogP contribution in [0.1, 0.15) is 52.7 Å². The highest BCUT2D eigenvalue weighted by Crippen LogP contribution is 2.38. The van der Waals surface area contributed by atoms with E-state index in [0.29, 0.717) is 10.8 Å². The molecule has 1 N–H and O–H groups in total. The Morgan fingerprint density at radius 1 is 0.642 bits per heavy atom. The Morgan fingerprint density at radius 3 is 1.64 bits per heavy atom. The molecule has 0 aliphatic carbocycles. The fraction of sp³-hybridized carbons (Fsp3) is 0.200. The largest absolute Gasteiger partial charge is 0.508 e. The van der Waals surface area contributed by atoms with E-state index in [4.69, 9.17) is 4.74 Å². The Hall–Kier alpha value is -5.05. The van der Waals surface area contributed by atoms with Gasteiger partial charge in [0.05, 0.1) is 17.0 Å². The van der Waals surface area contributed by atoms with Crippen molar-refractivity contribution in [1.29, 1.82) is 0 Å². The molecule has 6 rings (SSSR count). The summed E-state index contributed by atoms with van der Waals surface area (Å²) in [5, 5.41) is 10.4. The number of ether oxygens (including phenoxy) is 1. The number of ketones is 2. The minimum Gasteiger partial charge on any atom is -0.508 e. The average Bonchev–Trinajstić information content (AvgIpc) is 3.08. The van der Waals surface area contributed by atoms with Crippen molar-refractivity contribution in [3.63, 3.8) is 0 Å². The highest BCUT2D eigenvalue weighted by Gasteiger charge is 2.33. The molecule has 53 heavy (non-hydrogen) atoms. The number of halogens is 7. The highest BCUT2D eigenvalue weighted by molar-refractivity contribution is 14.1. The highest BCUT2D eigenvalue weighted by atomic mass is 127. The number of carbonyl (C=O) groups excluding carboxylic acids is 2. The van der Waals surface area contributed by atoms with Gasteiger partial charge in [-0.25, -0.2) is 31.3 Å². The van der Waals surface area contributed by atoms with E-state index in [1.165, 1.54) is 74.8 Å². The van der Waals surface area contributed by atoms with Gasteiger partial charge in [-0.2, -0.15) is 0 Å². The topological polar surface area (TPSA) is 89.4 Å². The van der Waals surface area contributed by atoms with Gasteiger partial charge in [0, 0.05) is 31.7 Å². The van der Waals surface area contributed by atoms with Crippen molar-refractivity contribution in [2.45, 2.75) is 52.4 Å². The minimum atomic E-state index is -1.10. The van der Waals surface area contributed by atoms with Crippen LogP contribution in [0.15, 0.2) is 85.2 Å².